The molecule has 0 unspecified atom stereocenters. The minimum absolute atomic E-state index is 0.0912. The predicted octanol–water partition coefficient (Wildman–Crippen LogP) is 5.04. The molecule has 3 aromatic rings. The van der Waals surface area contributed by atoms with Crippen LogP contribution in [0.4, 0.5) is 11.4 Å². The normalized spacial score (nSPS) is 10.6. The van der Waals surface area contributed by atoms with Crippen molar-refractivity contribution in [1.29, 1.82) is 0 Å². The van der Waals surface area contributed by atoms with Crippen molar-refractivity contribution in [2.75, 3.05) is 11.9 Å². The maximum Gasteiger partial charge on any atom is 0.357 e. The van der Waals surface area contributed by atoms with Gasteiger partial charge < -0.3 is 9.32 Å². The largest absolute Gasteiger partial charge is 0.421 e. The second kappa shape index (κ2) is 6.31. The van der Waals surface area contributed by atoms with Crippen molar-refractivity contribution in [2.45, 2.75) is 6.92 Å². The second-order valence-corrected chi connectivity index (χ2v) is 5.64. The third-order valence-corrected chi connectivity index (χ3v) is 4.13. The number of hydrogen-bond donors (Lipinski definition) is 0. The summed E-state index contributed by atoms with van der Waals surface area (Å²) in [7, 11) is 1.89. The Morgan fingerprint density at radius 2 is 1.52 bits per heavy atom. The Hall–Kier alpha value is -2.52. The average Bonchev–Trinajstić information content (AvgIpc) is 2.59. The smallest absolute Gasteiger partial charge is 0.357 e. The molecule has 0 radical (unpaired) electrons. The highest BCUT2D eigenvalue weighted by Gasteiger charge is 2.20. The van der Waals surface area contributed by atoms with Crippen molar-refractivity contribution in [3.05, 3.63) is 81.7 Å². The van der Waals surface area contributed by atoms with E-state index in [1.165, 1.54) is 0 Å². The molecule has 0 atom stereocenters. The van der Waals surface area contributed by atoms with Gasteiger partial charge >= 0.3 is 5.63 Å². The Balaban J connectivity index is 2.21. The van der Waals surface area contributed by atoms with Crippen LogP contribution in [0.15, 0.2) is 69.9 Å². The van der Waals surface area contributed by atoms with Gasteiger partial charge in [-0.15, -0.1) is 0 Å². The lowest BCUT2D eigenvalue weighted by Crippen LogP contribution is -2.16. The van der Waals surface area contributed by atoms with Gasteiger partial charge in [0.05, 0.1) is 5.69 Å². The molecule has 0 N–H and O–H groups in total. The van der Waals surface area contributed by atoms with Crippen LogP contribution in [0.25, 0.3) is 11.3 Å². The zero-order valence-electron chi connectivity index (χ0n) is 12.9. The molecular formula is C19H16ClNO2. The van der Waals surface area contributed by atoms with Gasteiger partial charge in [-0.3, -0.25) is 0 Å². The van der Waals surface area contributed by atoms with Gasteiger partial charge in [0.15, 0.2) is 0 Å². The van der Waals surface area contributed by atoms with E-state index in [1.54, 1.807) is 0 Å². The van der Waals surface area contributed by atoms with Gasteiger partial charge in [-0.1, -0.05) is 60.1 Å². The second-order valence-electron chi connectivity index (χ2n) is 5.27. The number of halogens is 1. The van der Waals surface area contributed by atoms with E-state index >= 15 is 0 Å². The average molecular weight is 326 g/mol. The minimum atomic E-state index is -0.533. The topological polar surface area (TPSA) is 33.5 Å². The standard InChI is InChI=1S/C19H16ClNO2/c1-13-17(21(2)15-11-7-4-8-12-15)16(20)19(22)23-18(13)14-9-5-3-6-10-14/h3-12H,1-2H3. The van der Waals surface area contributed by atoms with Gasteiger partial charge in [-0.05, 0) is 19.1 Å². The molecule has 3 nitrogen and oxygen atoms in total. The van der Waals surface area contributed by atoms with Gasteiger partial charge in [0, 0.05) is 23.9 Å². The van der Waals surface area contributed by atoms with E-state index < -0.39 is 5.63 Å². The summed E-state index contributed by atoms with van der Waals surface area (Å²) in [5.41, 5.74) is 2.75. The van der Waals surface area contributed by atoms with E-state index in [1.807, 2.05) is 79.5 Å². The fourth-order valence-corrected chi connectivity index (χ4v) is 2.93. The maximum absolute atomic E-state index is 12.2. The van der Waals surface area contributed by atoms with Crippen LogP contribution in [0.1, 0.15) is 5.56 Å². The van der Waals surface area contributed by atoms with E-state index in [9.17, 15) is 4.79 Å². The Morgan fingerprint density at radius 1 is 0.957 bits per heavy atom. The molecule has 0 spiro atoms. The van der Waals surface area contributed by atoms with E-state index in [4.69, 9.17) is 16.0 Å². The van der Waals surface area contributed by atoms with Gasteiger partial charge in [0.25, 0.3) is 0 Å². The Bertz CT molecular complexity index is 873. The first-order valence-electron chi connectivity index (χ1n) is 7.27. The lowest BCUT2D eigenvalue weighted by atomic mass is 10.1. The number of hydrogen-bond acceptors (Lipinski definition) is 3. The third kappa shape index (κ3) is 2.88. The van der Waals surface area contributed by atoms with Gasteiger partial charge in [-0.2, -0.15) is 0 Å². The number of benzene rings is 2. The molecule has 0 saturated heterocycles. The molecule has 23 heavy (non-hydrogen) atoms. The Labute approximate surface area is 139 Å². The van der Waals surface area contributed by atoms with Crippen molar-refractivity contribution in [3.8, 4) is 11.3 Å². The van der Waals surface area contributed by atoms with E-state index in [2.05, 4.69) is 0 Å². The number of anilines is 2. The van der Waals surface area contributed by atoms with Crippen LogP contribution in [-0.4, -0.2) is 7.05 Å². The van der Waals surface area contributed by atoms with Crippen molar-refractivity contribution < 1.29 is 4.42 Å². The maximum atomic E-state index is 12.2. The van der Waals surface area contributed by atoms with Gasteiger partial charge in [-0.25, -0.2) is 4.79 Å². The van der Waals surface area contributed by atoms with Crippen LogP contribution < -0.4 is 10.5 Å². The zero-order valence-corrected chi connectivity index (χ0v) is 13.7. The molecule has 116 valence electrons. The van der Waals surface area contributed by atoms with Gasteiger partial charge in [0.1, 0.15) is 10.8 Å². The molecule has 0 bridgehead atoms. The Kier molecular flexibility index (Phi) is 4.22. The summed E-state index contributed by atoms with van der Waals surface area (Å²) in [5.74, 6) is 0.540. The van der Waals surface area contributed by atoms with E-state index in [-0.39, 0.29) is 5.02 Å². The van der Waals surface area contributed by atoms with Crippen LogP contribution in [0, 0.1) is 6.92 Å². The van der Waals surface area contributed by atoms with Crippen molar-refractivity contribution in [3.63, 3.8) is 0 Å². The quantitative estimate of drug-likeness (QED) is 0.676. The first-order chi connectivity index (χ1) is 11.1. The molecule has 0 aliphatic heterocycles. The van der Waals surface area contributed by atoms with Crippen LogP contribution in [0.2, 0.25) is 5.02 Å². The number of rotatable bonds is 3. The molecule has 2 aromatic carbocycles. The van der Waals surface area contributed by atoms with Crippen LogP contribution in [0.3, 0.4) is 0 Å². The first kappa shape index (κ1) is 15.4. The highest BCUT2D eigenvalue weighted by Crippen LogP contribution is 2.36. The molecule has 0 amide bonds. The lowest BCUT2D eigenvalue weighted by Gasteiger charge is -2.23. The summed E-state index contributed by atoms with van der Waals surface area (Å²) in [6, 6.07) is 19.3. The molecule has 0 fully saturated rings. The van der Waals surface area contributed by atoms with Crippen molar-refractivity contribution in [2.24, 2.45) is 0 Å². The highest BCUT2D eigenvalue weighted by atomic mass is 35.5. The molecule has 0 aliphatic carbocycles. The van der Waals surface area contributed by atoms with E-state index in [0.29, 0.717) is 11.4 Å². The number of nitrogens with zero attached hydrogens (tertiary/aromatic N) is 1. The fourth-order valence-electron chi connectivity index (χ4n) is 2.63. The summed E-state index contributed by atoms with van der Waals surface area (Å²) in [6.45, 7) is 1.91. The minimum Gasteiger partial charge on any atom is -0.421 e. The van der Waals surface area contributed by atoms with Crippen molar-refractivity contribution >= 4 is 23.0 Å². The van der Waals surface area contributed by atoms with Crippen LogP contribution in [-0.2, 0) is 0 Å². The molecule has 1 heterocycles. The predicted molar refractivity (Wildman–Crippen MR) is 94.7 cm³/mol. The fraction of sp³-hybridized carbons (Fsp3) is 0.105. The number of para-hydroxylation sites is 1. The van der Waals surface area contributed by atoms with Crippen molar-refractivity contribution in [1.82, 2.24) is 0 Å². The van der Waals surface area contributed by atoms with E-state index in [0.717, 1.165) is 16.8 Å². The molecule has 4 heteroatoms. The molecule has 0 aliphatic rings. The summed E-state index contributed by atoms with van der Waals surface area (Å²) >= 11 is 6.25. The summed E-state index contributed by atoms with van der Waals surface area (Å²) in [6.07, 6.45) is 0. The SMILES string of the molecule is Cc1c(-c2ccccc2)oc(=O)c(Cl)c1N(C)c1ccccc1. The van der Waals surface area contributed by atoms with Gasteiger partial charge in [0.2, 0.25) is 0 Å². The molecular weight excluding hydrogens is 310 g/mol. The highest BCUT2D eigenvalue weighted by molar-refractivity contribution is 6.33. The third-order valence-electron chi connectivity index (χ3n) is 3.79. The molecule has 0 saturated carbocycles. The molecule has 1 aromatic heterocycles. The first-order valence-corrected chi connectivity index (χ1v) is 7.65. The lowest BCUT2D eigenvalue weighted by molar-refractivity contribution is 0.523. The zero-order chi connectivity index (χ0) is 16.4. The monoisotopic (exact) mass is 325 g/mol. The summed E-state index contributed by atoms with van der Waals surface area (Å²) in [4.78, 5) is 14.1. The summed E-state index contributed by atoms with van der Waals surface area (Å²) in [5, 5.41) is 0.0912. The summed E-state index contributed by atoms with van der Waals surface area (Å²) < 4.78 is 5.44. The van der Waals surface area contributed by atoms with Crippen LogP contribution in [0.5, 0.6) is 0 Å². The Morgan fingerprint density at radius 3 is 2.13 bits per heavy atom. The van der Waals surface area contributed by atoms with Crippen LogP contribution >= 0.6 is 11.6 Å². The molecule has 3 rings (SSSR count).